The van der Waals surface area contributed by atoms with Crippen LogP contribution in [-0.4, -0.2) is 79.1 Å². The molecule has 2 heterocycles. The van der Waals surface area contributed by atoms with E-state index in [1.54, 1.807) is 0 Å². The summed E-state index contributed by atoms with van der Waals surface area (Å²) in [6, 6.07) is 4.16. The van der Waals surface area contributed by atoms with Crippen molar-refractivity contribution in [3.05, 3.63) is 17.7 Å². The lowest BCUT2D eigenvalue weighted by Gasteiger charge is -2.32. The molecule has 7 heteroatoms. The van der Waals surface area contributed by atoms with Crippen molar-refractivity contribution in [1.82, 2.24) is 25.0 Å². The highest BCUT2D eigenvalue weighted by Gasteiger charge is 2.12. The van der Waals surface area contributed by atoms with Crippen molar-refractivity contribution in [3.8, 4) is 0 Å². The summed E-state index contributed by atoms with van der Waals surface area (Å²) in [7, 11) is 4.26. The third-order valence-electron chi connectivity index (χ3n) is 4.42. The van der Waals surface area contributed by atoms with Crippen molar-refractivity contribution in [2.75, 3.05) is 51.6 Å². The highest BCUT2D eigenvalue weighted by atomic mass is 15.3. The van der Waals surface area contributed by atoms with Crippen LogP contribution in [0.15, 0.2) is 12.1 Å². The molecule has 0 aliphatic carbocycles. The predicted molar refractivity (Wildman–Crippen MR) is 97.3 cm³/mol. The molecule has 23 heavy (non-hydrogen) atoms. The largest absolute Gasteiger partial charge is 0.353 e. The van der Waals surface area contributed by atoms with Gasteiger partial charge in [0.05, 0.1) is 5.52 Å². The molecule has 1 aliphatic heterocycles. The fourth-order valence-electron chi connectivity index (χ4n) is 3.04. The SMILES string of the molecule is Bc1cc(C)c2nc(NCCCN3CCN(C)CC3)nnc2c1. The van der Waals surface area contributed by atoms with Gasteiger partial charge in [0.1, 0.15) is 13.4 Å². The summed E-state index contributed by atoms with van der Waals surface area (Å²) in [4.78, 5) is 9.51. The van der Waals surface area contributed by atoms with Gasteiger partial charge >= 0.3 is 0 Å². The number of nitrogens with one attached hydrogen (secondary N) is 1. The summed E-state index contributed by atoms with van der Waals surface area (Å²) in [5.74, 6) is 0.628. The fraction of sp³-hybridized carbons (Fsp3) is 0.562. The predicted octanol–water partition coefficient (Wildman–Crippen LogP) is -0.359. The van der Waals surface area contributed by atoms with Gasteiger partial charge in [-0.2, -0.15) is 0 Å². The maximum Gasteiger partial charge on any atom is 0.243 e. The highest BCUT2D eigenvalue weighted by molar-refractivity contribution is 6.33. The van der Waals surface area contributed by atoms with Crippen molar-refractivity contribution in [1.29, 1.82) is 0 Å². The molecule has 1 aromatic heterocycles. The maximum atomic E-state index is 4.61. The molecule has 2 aromatic rings. The van der Waals surface area contributed by atoms with Gasteiger partial charge in [-0.3, -0.25) is 0 Å². The van der Waals surface area contributed by atoms with E-state index in [-0.39, 0.29) is 0 Å². The average molecular weight is 312 g/mol. The van der Waals surface area contributed by atoms with Crippen LogP contribution in [0, 0.1) is 6.92 Å². The van der Waals surface area contributed by atoms with Gasteiger partial charge < -0.3 is 15.1 Å². The molecule has 0 amide bonds. The Morgan fingerprint density at radius 1 is 1.17 bits per heavy atom. The molecule has 0 saturated carbocycles. The number of rotatable bonds is 5. The Kier molecular flexibility index (Phi) is 5.08. The molecule has 0 bridgehead atoms. The number of aryl methyl sites for hydroxylation is 1. The number of hydrogen-bond acceptors (Lipinski definition) is 6. The molecule has 0 atom stereocenters. The minimum Gasteiger partial charge on any atom is -0.353 e. The molecule has 6 nitrogen and oxygen atoms in total. The van der Waals surface area contributed by atoms with Crippen molar-refractivity contribution >= 4 is 30.3 Å². The van der Waals surface area contributed by atoms with Crippen molar-refractivity contribution in [2.24, 2.45) is 0 Å². The summed E-state index contributed by atoms with van der Waals surface area (Å²) in [6.45, 7) is 8.76. The number of piperazine rings is 1. The van der Waals surface area contributed by atoms with Crippen LogP contribution in [-0.2, 0) is 0 Å². The number of nitrogens with zero attached hydrogens (tertiary/aromatic N) is 5. The Bertz CT molecular complexity index is 669. The van der Waals surface area contributed by atoms with E-state index in [2.05, 4.69) is 58.2 Å². The Labute approximate surface area is 138 Å². The zero-order valence-electron chi connectivity index (χ0n) is 14.3. The van der Waals surface area contributed by atoms with Crippen LogP contribution in [0.4, 0.5) is 5.95 Å². The zero-order valence-corrected chi connectivity index (χ0v) is 14.3. The van der Waals surface area contributed by atoms with E-state index in [0.717, 1.165) is 36.1 Å². The zero-order chi connectivity index (χ0) is 16.2. The molecule has 0 spiro atoms. The van der Waals surface area contributed by atoms with E-state index >= 15 is 0 Å². The molecule has 3 rings (SSSR count). The third kappa shape index (κ3) is 4.17. The van der Waals surface area contributed by atoms with Gasteiger partial charge in [0.25, 0.3) is 0 Å². The number of anilines is 1. The average Bonchev–Trinajstić information content (AvgIpc) is 2.53. The van der Waals surface area contributed by atoms with Crippen LogP contribution in [0.3, 0.4) is 0 Å². The number of fused-ring (bicyclic) bond motifs is 1. The van der Waals surface area contributed by atoms with Gasteiger partial charge in [0.15, 0.2) is 0 Å². The highest BCUT2D eigenvalue weighted by Crippen LogP contribution is 2.13. The quantitative estimate of drug-likeness (QED) is 0.601. The Balaban J connectivity index is 1.51. The number of benzene rings is 1. The first-order valence-electron chi connectivity index (χ1n) is 8.38. The second-order valence-corrected chi connectivity index (χ2v) is 6.51. The van der Waals surface area contributed by atoms with Crippen molar-refractivity contribution in [3.63, 3.8) is 0 Å². The summed E-state index contributed by atoms with van der Waals surface area (Å²) >= 11 is 0. The lowest BCUT2D eigenvalue weighted by Crippen LogP contribution is -2.44. The molecule has 0 unspecified atom stereocenters. The standard InChI is InChI=1S/C16H25BN6/c1-12-10-13(17)11-14-15(12)19-16(21-20-14)18-4-3-5-23-8-6-22(2)7-9-23/h10-11H,3-9,17H2,1-2H3,(H,18,19,21). The van der Waals surface area contributed by atoms with Crippen molar-refractivity contribution in [2.45, 2.75) is 13.3 Å². The minimum atomic E-state index is 0.628. The van der Waals surface area contributed by atoms with Crippen molar-refractivity contribution < 1.29 is 0 Å². The molecule has 122 valence electrons. The van der Waals surface area contributed by atoms with Crippen LogP contribution in [0.2, 0.25) is 0 Å². The molecule has 1 aromatic carbocycles. The lowest BCUT2D eigenvalue weighted by atomic mass is 9.94. The van der Waals surface area contributed by atoms with E-state index in [9.17, 15) is 0 Å². The molecular weight excluding hydrogens is 287 g/mol. The lowest BCUT2D eigenvalue weighted by molar-refractivity contribution is 0.154. The topological polar surface area (TPSA) is 57.2 Å². The van der Waals surface area contributed by atoms with Gasteiger partial charge in [-0.05, 0) is 38.6 Å². The summed E-state index contributed by atoms with van der Waals surface area (Å²) in [5, 5.41) is 11.8. The maximum absolute atomic E-state index is 4.61. The first kappa shape index (κ1) is 16.1. The van der Waals surface area contributed by atoms with E-state index in [0.29, 0.717) is 5.95 Å². The van der Waals surface area contributed by atoms with Crippen LogP contribution in [0.5, 0.6) is 0 Å². The van der Waals surface area contributed by atoms with Gasteiger partial charge in [-0.25, -0.2) is 4.98 Å². The smallest absolute Gasteiger partial charge is 0.243 e. The molecule has 0 radical (unpaired) electrons. The molecule has 1 saturated heterocycles. The van der Waals surface area contributed by atoms with E-state index in [1.165, 1.54) is 31.6 Å². The van der Waals surface area contributed by atoms with E-state index < -0.39 is 0 Å². The third-order valence-corrected chi connectivity index (χ3v) is 4.42. The number of aromatic nitrogens is 3. The van der Waals surface area contributed by atoms with E-state index in [1.807, 2.05) is 6.07 Å². The second kappa shape index (κ2) is 7.23. The first-order chi connectivity index (χ1) is 11.1. The summed E-state index contributed by atoms with van der Waals surface area (Å²) in [5.41, 5.74) is 4.15. The summed E-state index contributed by atoms with van der Waals surface area (Å²) < 4.78 is 0. The molecule has 1 aliphatic rings. The molecule has 1 fully saturated rings. The fourth-order valence-corrected chi connectivity index (χ4v) is 3.04. The second-order valence-electron chi connectivity index (χ2n) is 6.51. The summed E-state index contributed by atoms with van der Waals surface area (Å²) in [6.07, 6.45) is 1.10. The van der Waals surface area contributed by atoms with Crippen LogP contribution >= 0.6 is 0 Å². The molecule has 1 N–H and O–H groups in total. The monoisotopic (exact) mass is 312 g/mol. The van der Waals surface area contributed by atoms with Gasteiger partial charge in [-0.1, -0.05) is 11.5 Å². The van der Waals surface area contributed by atoms with E-state index in [4.69, 9.17) is 0 Å². The number of likely N-dealkylation sites (N-methyl/N-ethyl adjacent to an activating group) is 1. The Morgan fingerprint density at radius 2 is 1.96 bits per heavy atom. The van der Waals surface area contributed by atoms with Crippen LogP contribution < -0.4 is 10.8 Å². The Morgan fingerprint density at radius 3 is 2.74 bits per heavy atom. The minimum absolute atomic E-state index is 0.628. The van der Waals surface area contributed by atoms with Gasteiger partial charge in [0, 0.05) is 32.7 Å². The molecular formula is C16H25BN6. The normalized spacial score (nSPS) is 16.8. The number of hydrogen-bond donors (Lipinski definition) is 1. The van der Waals surface area contributed by atoms with Crippen LogP contribution in [0.25, 0.3) is 11.0 Å². The first-order valence-corrected chi connectivity index (χ1v) is 8.38. The van der Waals surface area contributed by atoms with Gasteiger partial charge in [-0.15, -0.1) is 10.2 Å². The van der Waals surface area contributed by atoms with Crippen LogP contribution in [0.1, 0.15) is 12.0 Å². The Hall–Kier alpha value is -1.73. The van der Waals surface area contributed by atoms with Gasteiger partial charge in [0.2, 0.25) is 5.95 Å².